The minimum atomic E-state index is -0.449. The van der Waals surface area contributed by atoms with Crippen LogP contribution in [0, 0.1) is 0 Å². The molecule has 8 aromatic rings. The number of nitrogens with zero attached hydrogens (tertiary/aromatic N) is 3. The van der Waals surface area contributed by atoms with Crippen molar-refractivity contribution in [3.8, 4) is 45.3 Å². The first-order valence-corrected chi connectivity index (χ1v) is 17.0. The second kappa shape index (κ2) is 10.6. The van der Waals surface area contributed by atoms with E-state index in [0.29, 0.717) is 17.5 Å². The van der Waals surface area contributed by atoms with Gasteiger partial charge in [0.1, 0.15) is 0 Å². The molecule has 0 bridgehead atoms. The molecule has 48 heavy (non-hydrogen) atoms. The average Bonchev–Trinajstić information content (AvgIpc) is 3.44. The lowest BCUT2D eigenvalue weighted by atomic mass is 9.67. The molecule has 1 aliphatic heterocycles. The van der Waals surface area contributed by atoms with Gasteiger partial charge in [0.2, 0.25) is 0 Å². The maximum atomic E-state index is 5.06. The van der Waals surface area contributed by atoms with E-state index in [-0.39, 0.29) is 0 Å². The van der Waals surface area contributed by atoms with Gasteiger partial charge in [-0.15, -0.1) is 0 Å². The van der Waals surface area contributed by atoms with Gasteiger partial charge in [-0.05, 0) is 68.4 Å². The van der Waals surface area contributed by atoms with E-state index >= 15 is 0 Å². The second-order valence-electron chi connectivity index (χ2n) is 12.4. The Hall–Kier alpha value is -5.84. The maximum absolute atomic E-state index is 5.06. The smallest absolute Gasteiger partial charge is 0.164 e. The summed E-state index contributed by atoms with van der Waals surface area (Å²) in [5.74, 6) is 1.99. The number of benzene rings is 7. The van der Waals surface area contributed by atoms with Crippen LogP contribution in [0.25, 0.3) is 56.1 Å². The van der Waals surface area contributed by atoms with E-state index in [1.807, 2.05) is 48.2 Å². The van der Waals surface area contributed by atoms with E-state index in [9.17, 15) is 0 Å². The zero-order chi connectivity index (χ0) is 31.7. The Morgan fingerprint density at radius 1 is 0.354 bits per heavy atom. The van der Waals surface area contributed by atoms with Crippen molar-refractivity contribution in [3.63, 3.8) is 0 Å². The largest absolute Gasteiger partial charge is 0.208 e. The molecule has 2 aliphatic rings. The normalized spacial score (nSPS) is 15.5. The number of rotatable bonds is 3. The predicted molar refractivity (Wildman–Crippen MR) is 195 cm³/mol. The molecule has 0 fully saturated rings. The summed E-state index contributed by atoms with van der Waals surface area (Å²) >= 11 is 1.84. The van der Waals surface area contributed by atoms with Gasteiger partial charge in [0.15, 0.2) is 17.5 Å². The van der Waals surface area contributed by atoms with E-state index in [2.05, 4.69) is 127 Å². The maximum Gasteiger partial charge on any atom is 0.164 e. The number of hydrogen-bond donors (Lipinski definition) is 0. The summed E-state index contributed by atoms with van der Waals surface area (Å²) in [6.45, 7) is 0. The predicted octanol–water partition coefficient (Wildman–Crippen LogP) is 10.9. The van der Waals surface area contributed by atoms with Gasteiger partial charge in [0.05, 0.1) is 5.41 Å². The van der Waals surface area contributed by atoms with Crippen molar-refractivity contribution in [2.24, 2.45) is 0 Å². The SMILES string of the molecule is c1ccc(-c2nc(-c3ccccc3)nc(-c3ccc4c(c3)Sc3ccccc3C43c4ccccc4-c4cc5ccccc5cc43)n2)cc1. The Morgan fingerprint density at radius 3 is 1.60 bits per heavy atom. The molecule has 0 saturated heterocycles. The van der Waals surface area contributed by atoms with Crippen molar-refractivity contribution in [1.29, 1.82) is 0 Å². The highest BCUT2D eigenvalue weighted by molar-refractivity contribution is 7.99. The molecule has 1 aromatic heterocycles. The third-order valence-electron chi connectivity index (χ3n) is 9.77. The molecule has 224 valence electrons. The summed E-state index contributed by atoms with van der Waals surface area (Å²) in [7, 11) is 0. The van der Waals surface area contributed by atoms with Gasteiger partial charge in [-0.3, -0.25) is 0 Å². The highest BCUT2D eigenvalue weighted by atomic mass is 32.2. The molecular formula is C44H27N3S. The summed E-state index contributed by atoms with van der Waals surface area (Å²) < 4.78 is 0. The fourth-order valence-electron chi connectivity index (χ4n) is 7.67. The average molecular weight is 630 g/mol. The highest BCUT2D eigenvalue weighted by Crippen LogP contribution is 2.62. The third kappa shape index (κ3) is 3.99. The molecule has 0 radical (unpaired) electrons. The number of aromatic nitrogens is 3. The van der Waals surface area contributed by atoms with Crippen LogP contribution in [-0.4, -0.2) is 15.0 Å². The third-order valence-corrected chi connectivity index (χ3v) is 10.9. The summed E-state index contributed by atoms with van der Waals surface area (Å²) in [6.07, 6.45) is 0. The van der Waals surface area contributed by atoms with Crippen LogP contribution in [0.5, 0.6) is 0 Å². The topological polar surface area (TPSA) is 38.7 Å². The fourth-order valence-corrected chi connectivity index (χ4v) is 8.90. The van der Waals surface area contributed by atoms with Gasteiger partial charge in [-0.25, -0.2) is 15.0 Å². The van der Waals surface area contributed by atoms with Gasteiger partial charge < -0.3 is 0 Å². The van der Waals surface area contributed by atoms with Crippen LogP contribution >= 0.6 is 11.8 Å². The molecule has 10 rings (SSSR count). The molecule has 4 heteroatoms. The molecule has 1 unspecified atom stereocenters. The van der Waals surface area contributed by atoms with Crippen LogP contribution in [0.3, 0.4) is 0 Å². The first kappa shape index (κ1) is 27.3. The minimum Gasteiger partial charge on any atom is -0.208 e. The zero-order valence-electron chi connectivity index (χ0n) is 25.8. The highest BCUT2D eigenvalue weighted by Gasteiger charge is 2.50. The molecule has 7 aromatic carbocycles. The summed E-state index contributed by atoms with van der Waals surface area (Å²) in [5, 5.41) is 2.51. The lowest BCUT2D eigenvalue weighted by Gasteiger charge is -2.39. The van der Waals surface area contributed by atoms with Gasteiger partial charge in [0, 0.05) is 26.5 Å². The number of fused-ring (bicyclic) bond motifs is 10. The Labute approximate surface area is 283 Å². The van der Waals surface area contributed by atoms with Gasteiger partial charge in [-0.1, -0.05) is 151 Å². The monoisotopic (exact) mass is 629 g/mol. The van der Waals surface area contributed by atoms with Crippen LogP contribution in [0.1, 0.15) is 22.3 Å². The van der Waals surface area contributed by atoms with E-state index in [4.69, 9.17) is 15.0 Å². The Morgan fingerprint density at radius 2 is 0.896 bits per heavy atom. The first-order valence-electron chi connectivity index (χ1n) is 16.2. The van der Waals surface area contributed by atoms with Gasteiger partial charge in [0.25, 0.3) is 0 Å². The van der Waals surface area contributed by atoms with Crippen molar-refractivity contribution in [1.82, 2.24) is 15.0 Å². The molecule has 0 saturated carbocycles. The van der Waals surface area contributed by atoms with E-state index < -0.39 is 5.41 Å². The van der Waals surface area contributed by atoms with Crippen molar-refractivity contribution in [3.05, 3.63) is 186 Å². The molecule has 1 atom stereocenters. The standard InChI is InChI=1S/C44H27N3S/c1-3-13-28(14-4-1)41-45-42(29-15-5-2-6-16-29)47-43(46-41)32-23-24-37-40(27-32)48-39-22-12-11-21-36(39)44(37)35-20-10-9-19-33(35)34-25-30-17-7-8-18-31(30)26-38(34)44/h1-27H. The summed E-state index contributed by atoms with van der Waals surface area (Å²) in [5.41, 5.74) is 10.3. The Bertz CT molecular complexity index is 2490. The molecule has 3 nitrogen and oxygen atoms in total. The van der Waals surface area contributed by atoms with E-state index in [1.54, 1.807) is 0 Å². The molecule has 0 N–H and O–H groups in total. The van der Waals surface area contributed by atoms with E-state index in [0.717, 1.165) is 16.7 Å². The van der Waals surface area contributed by atoms with Crippen LogP contribution in [0.4, 0.5) is 0 Å². The van der Waals surface area contributed by atoms with Crippen molar-refractivity contribution in [2.75, 3.05) is 0 Å². The fraction of sp³-hybridized carbons (Fsp3) is 0.0227. The second-order valence-corrected chi connectivity index (χ2v) is 13.5. The Balaban J connectivity index is 1.23. The minimum absolute atomic E-state index is 0.449. The van der Waals surface area contributed by atoms with Crippen molar-refractivity contribution >= 4 is 22.5 Å². The van der Waals surface area contributed by atoms with E-state index in [1.165, 1.54) is 53.9 Å². The molecule has 2 heterocycles. The Kier molecular flexibility index (Phi) is 6.02. The van der Waals surface area contributed by atoms with Crippen molar-refractivity contribution in [2.45, 2.75) is 15.2 Å². The molecule has 1 aliphatic carbocycles. The quantitative estimate of drug-likeness (QED) is 0.195. The van der Waals surface area contributed by atoms with Crippen molar-refractivity contribution < 1.29 is 0 Å². The summed E-state index contributed by atoms with van der Waals surface area (Å²) in [4.78, 5) is 17.5. The first-order chi connectivity index (χ1) is 23.8. The molecular weight excluding hydrogens is 603 g/mol. The lowest BCUT2D eigenvalue weighted by molar-refractivity contribution is 0.723. The summed E-state index contributed by atoms with van der Waals surface area (Å²) in [6, 6.07) is 58.6. The lowest BCUT2D eigenvalue weighted by Crippen LogP contribution is -2.32. The zero-order valence-corrected chi connectivity index (χ0v) is 26.7. The van der Waals surface area contributed by atoms with Crippen LogP contribution < -0.4 is 0 Å². The van der Waals surface area contributed by atoms with Crippen LogP contribution in [-0.2, 0) is 5.41 Å². The molecule has 1 spiro atoms. The van der Waals surface area contributed by atoms with Crippen LogP contribution in [0.15, 0.2) is 174 Å². The molecule has 0 amide bonds. The van der Waals surface area contributed by atoms with Crippen LogP contribution in [0.2, 0.25) is 0 Å². The van der Waals surface area contributed by atoms with Gasteiger partial charge in [-0.2, -0.15) is 0 Å². The van der Waals surface area contributed by atoms with Gasteiger partial charge >= 0.3 is 0 Å². The number of hydrogen-bond acceptors (Lipinski definition) is 4.